The molecule has 1 heterocycles. The van der Waals surface area contributed by atoms with E-state index in [-0.39, 0.29) is 5.91 Å². The summed E-state index contributed by atoms with van der Waals surface area (Å²) in [5.41, 5.74) is 3.70. The Hall–Kier alpha value is -1.71. The highest BCUT2D eigenvalue weighted by Crippen LogP contribution is 2.24. The molecule has 1 saturated heterocycles. The van der Waals surface area contributed by atoms with Gasteiger partial charge in [0.15, 0.2) is 0 Å². The molecule has 1 aromatic rings. The molecule has 0 spiro atoms. The Bertz CT molecular complexity index is 477. The fourth-order valence-electron chi connectivity index (χ4n) is 2.65. The van der Waals surface area contributed by atoms with Crippen LogP contribution in [0.15, 0.2) is 18.2 Å². The Morgan fingerprint density at radius 3 is 2.45 bits per heavy atom. The summed E-state index contributed by atoms with van der Waals surface area (Å²) in [7, 11) is 4.11. The monoisotopic (exact) mass is 275 g/mol. The molecular weight excluding hydrogens is 250 g/mol. The maximum absolute atomic E-state index is 11.3. The lowest BCUT2D eigenvalue weighted by Crippen LogP contribution is -2.41. The molecule has 4 nitrogen and oxygen atoms in total. The number of carbonyl (C=O) groups excluding carboxylic acids is 1. The molecule has 0 atom stereocenters. The van der Waals surface area contributed by atoms with Gasteiger partial charge >= 0.3 is 0 Å². The molecule has 0 aliphatic carbocycles. The van der Waals surface area contributed by atoms with Gasteiger partial charge in [-0.25, -0.2) is 0 Å². The number of hydrogen-bond donors (Lipinski definition) is 1. The van der Waals surface area contributed by atoms with Crippen molar-refractivity contribution in [1.29, 1.82) is 0 Å². The Kier molecular flexibility index (Phi) is 4.53. The van der Waals surface area contributed by atoms with E-state index in [1.54, 1.807) is 6.92 Å². The summed E-state index contributed by atoms with van der Waals surface area (Å²) in [6.45, 7) is 5.52. The average molecular weight is 275 g/mol. The minimum atomic E-state index is 0.190. The zero-order valence-electron chi connectivity index (χ0n) is 12.9. The normalized spacial score (nSPS) is 16.1. The second-order valence-electron chi connectivity index (χ2n) is 5.82. The fraction of sp³-hybridized carbons (Fsp3) is 0.562. The topological polar surface area (TPSA) is 35.6 Å². The van der Waals surface area contributed by atoms with E-state index < -0.39 is 0 Å². The van der Waals surface area contributed by atoms with Gasteiger partial charge in [0.2, 0.25) is 5.91 Å². The van der Waals surface area contributed by atoms with Crippen LogP contribution in [-0.4, -0.2) is 44.0 Å². The summed E-state index contributed by atoms with van der Waals surface area (Å²) in [6.07, 6.45) is 2.04. The summed E-state index contributed by atoms with van der Waals surface area (Å²) >= 11 is 0. The predicted octanol–water partition coefficient (Wildman–Crippen LogP) is 2.48. The molecular formula is C16H25N3O. The first kappa shape index (κ1) is 14.7. The second kappa shape index (κ2) is 6.16. The molecule has 1 amide bonds. The minimum Gasteiger partial charge on any atom is -0.382 e. The van der Waals surface area contributed by atoms with Crippen LogP contribution in [0, 0.1) is 6.92 Å². The molecule has 0 bridgehead atoms. The Morgan fingerprint density at radius 2 is 1.95 bits per heavy atom. The van der Waals surface area contributed by atoms with E-state index in [1.807, 2.05) is 4.90 Å². The number of carbonyl (C=O) groups is 1. The van der Waals surface area contributed by atoms with Gasteiger partial charge in [-0.05, 0) is 43.5 Å². The summed E-state index contributed by atoms with van der Waals surface area (Å²) in [6, 6.07) is 6.96. The first-order chi connectivity index (χ1) is 9.47. The number of nitrogens with one attached hydrogen (secondary N) is 1. The van der Waals surface area contributed by atoms with Crippen LogP contribution in [0.1, 0.15) is 25.3 Å². The zero-order chi connectivity index (χ0) is 14.7. The highest BCUT2D eigenvalue weighted by atomic mass is 16.2. The third kappa shape index (κ3) is 3.44. The number of benzene rings is 1. The highest BCUT2D eigenvalue weighted by Gasteiger charge is 2.20. The number of nitrogens with zero attached hydrogens (tertiary/aromatic N) is 2. The van der Waals surface area contributed by atoms with Crippen molar-refractivity contribution in [2.24, 2.45) is 0 Å². The number of hydrogen-bond acceptors (Lipinski definition) is 3. The van der Waals surface area contributed by atoms with Crippen molar-refractivity contribution in [2.75, 3.05) is 37.4 Å². The molecule has 1 aliphatic rings. The molecule has 0 saturated carbocycles. The van der Waals surface area contributed by atoms with Crippen molar-refractivity contribution in [1.82, 2.24) is 4.90 Å². The third-order valence-electron chi connectivity index (χ3n) is 4.03. The third-order valence-corrected chi connectivity index (χ3v) is 4.03. The molecule has 1 fully saturated rings. The Labute approximate surface area is 121 Å². The summed E-state index contributed by atoms with van der Waals surface area (Å²) < 4.78 is 0. The number of likely N-dealkylation sites (tertiary alicyclic amines) is 1. The van der Waals surface area contributed by atoms with Gasteiger partial charge < -0.3 is 15.1 Å². The maximum Gasteiger partial charge on any atom is 0.219 e. The maximum atomic E-state index is 11.3. The standard InChI is InChI=1S/C16H25N3O/c1-12-11-15(18(3)4)5-6-16(12)17-14-7-9-19(10-8-14)13(2)20/h5-6,11,14,17H,7-10H2,1-4H3. The van der Waals surface area contributed by atoms with Gasteiger partial charge in [-0.15, -0.1) is 0 Å². The molecule has 2 rings (SSSR count). The number of amides is 1. The highest BCUT2D eigenvalue weighted by molar-refractivity contribution is 5.73. The Morgan fingerprint density at radius 1 is 1.30 bits per heavy atom. The first-order valence-corrected chi connectivity index (χ1v) is 7.27. The van der Waals surface area contributed by atoms with E-state index in [0.717, 1.165) is 25.9 Å². The molecule has 1 N–H and O–H groups in total. The van der Waals surface area contributed by atoms with Gasteiger partial charge in [-0.1, -0.05) is 0 Å². The van der Waals surface area contributed by atoms with Crippen molar-refractivity contribution in [2.45, 2.75) is 32.7 Å². The van der Waals surface area contributed by atoms with Gasteiger partial charge in [-0.2, -0.15) is 0 Å². The van der Waals surface area contributed by atoms with Crippen molar-refractivity contribution >= 4 is 17.3 Å². The van der Waals surface area contributed by atoms with E-state index in [4.69, 9.17) is 0 Å². The fourth-order valence-corrected chi connectivity index (χ4v) is 2.65. The van der Waals surface area contributed by atoms with Crippen LogP contribution in [0.3, 0.4) is 0 Å². The summed E-state index contributed by atoms with van der Waals surface area (Å²) in [4.78, 5) is 15.4. The van der Waals surface area contributed by atoms with Gasteiger partial charge in [-0.3, -0.25) is 4.79 Å². The van der Waals surface area contributed by atoms with Gasteiger partial charge in [0.1, 0.15) is 0 Å². The lowest BCUT2D eigenvalue weighted by atomic mass is 10.0. The predicted molar refractivity (Wildman–Crippen MR) is 84.4 cm³/mol. The summed E-state index contributed by atoms with van der Waals surface area (Å²) in [5.74, 6) is 0.190. The molecule has 20 heavy (non-hydrogen) atoms. The molecule has 0 aromatic heterocycles. The zero-order valence-corrected chi connectivity index (χ0v) is 12.9. The van der Waals surface area contributed by atoms with E-state index in [1.165, 1.54) is 16.9 Å². The van der Waals surface area contributed by atoms with Gasteiger partial charge in [0.25, 0.3) is 0 Å². The average Bonchev–Trinajstić information content (AvgIpc) is 2.41. The van der Waals surface area contributed by atoms with Gasteiger partial charge in [0, 0.05) is 51.5 Å². The molecule has 4 heteroatoms. The van der Waals surface area contributed by atoms with Crippen LogP contribution < -0.4 is 10.2 Å². The van der Waals surface area contributed by atoms with Crippen molar-refractivity contribution in [3.05, 3.63) is 23.8 Å². The van der Waals surface area contributed by atoms with E-state index in [0.29, 0.717) is 6.04 Å². The van der Waals surface area contributed by atoms with Crippen LogP contribution in [0.25, 0.3) is 0 Å². The quantitative estimate of drug-likeness (QED) is 0.920. The largest absolute Gasteiger partial charge is 0.382 e. The summed E-state index contributed by atoms with van der Waals surface area (Å²) in [5, 5.41) is 3.62. The van der Waals surface area contributed by atoms with E-state index >= 15 is 0 Å². The number of piperidine rings is 1. The van der Waals surface area contributed by atoms with Crippen LogP contribution >= 0.6 is 0 Å². The minimum absolute atomic E-state index is 0.190. The van der Waals surface area contributed by atoms with Crippen LogP contribution in [0.4, 0.5) is 11.4 Å². The van der Waals surface area contributed by atoms with Gasteiger partial charge in [0.05, 0.1) is 0 Å². The molecule has 0 radical (unpaired) electrons. The van der Waals surface area contributed by atoms with Crippen LogP contribution in [0.5, 0.6) is 0 Å². The van der Waals surface area contributed by atoms with E-state index in [9.17, 15) is 4.79 Å². The SMILES string of the molecule is CC(=O)N1CCC(Nc2ccc(N(C)C)cc2C)CC1. The molecule has 110 valence electrons. The molecule has 1 aromatic carbocycles. The molecule has 1 aliphatic heterocycles. The number of rotatable bonds is 3. The smallest absolute Gasteiger partial charge is 0.219 e. The van der Waals surface area contributed by atoms with Crippen molar-refractivity contribution in [3.63, 3.8) is 0 Å². The van der Waals surface area contributed by atoms with E-state index in [2.05, 4.69) is 49.4 Å². The van der Waals surface area contributed by atoms with Crippen molar-refractivity contribution in [3.8, 4) is 0 Å². The van der Waals surface area contributed by atoms with Crippen molar-refractivity contribution < 1.29 is 4.79 Å². The lowest BCUT2D eigenvalue weighted by molar-refractivity contribution is -0.129. The van der Waals surface area contributed by atoms with Crippen LogP contribution in [-0.2, 0) is 4.79 Å². The molecule has 0 unspecified atom stereocenters. The van der Waals surface area contributed by atoms with Crippen LogP contribution in [0.2, 0.25) is 0 Å². The second-order valence-corrected chi connectivity index (χ2v) is 5.82. The lowest BCUT2D eigenvalue weighted by Gasteiger charge is -2.32. The number of anilines is 2. The number of aryl methyl sites for hydroxylation is 1. The first-order valence-electron chi connectivity index (χ1n) is 7.27. The Balaban J connectivity index is 1.96.